The first-order valence-electron chi connectivity index (χ1n) is 13.0. The van der Waals surface area contributed by atoms with E-state index in [0.717, 1.165) is 12.1 Å². The summed E-state index contributed by atoms with van der Waals surface area (Å²) in [4.78, 5) is 12.3. The van der Waals surface area contributed by atoms with Gasteiger partial charge in [0.05, 0.1) is 0 Å². The molecule has 1 saturated heterocycles. The van der Waals surface area contributed by atoms with Crippen LogP contribution >= 0.6 is 0 Å². The monoisotopic (exact) mass is 596 g/mol. The largest absolute Gasteiger partial charge is 0.508 e. The van der Waals surface area contributed by atoms with Crippen LogP contribution in [-0.2, 0) is 25.4 Å². The minimum absolute atomic E-state index is 0.0356. The van der Waals surface area contributed by atoms with Gasteiger partial charge in [-0.15, -0.1) is 0 Å². The number of rotatable bonds is 7. The SMILES string of the molecule is O=C(C=Cc1ccc(O)cc1)OCC1OC(OC2=C(c3ccc(O)c(O)c3)Oc3cc(O)cc(O)c3C2)C(O)C(O)C1O. The van der Waals surface area contributed by atoms with Crippen molar-refractivity contribution >= 4 is 17.8 Å². The fourth-order valence-electron chi connectivity index (χ4n) is 4.53. The molecule has 226 valence electrons. The van der Waals surface area contributed by atoms with Crippen LogP contribution in [0, 0.1) is 0 Å². The Morgan fingerprint density at radius 2 is 1.58 bits per heavy atom. The lowest BCUT2D eigenvalue weighted by atomic mass is 9.98. The number of carbonyl (C=O) groups excluding carboxylic acids is 1. The Kier molecular flexibility index (Phi) is 8.32. The van der Waals surface area contributed by atoms with E-state index in [1.165, 1.54) is 42.5 Å². The predicted molar refractivity (Wildman–Crippen MR) is 147 cm³/mol. The Labute approximate surface area is 244 Å². The fraction of sp³-hybridized carbons (Fsp3) is 0.233. The first-order valence-corrected chi connectivity index (χ1v) is 13.0. The number of benzene rings is 3. The van der Waals surface area contributed by atoms with E-state index < -0.39 is 54.8 Å². The highest BCUT2D eigenvalue weighted by Gasteiger charge is 2.46. The average Bonchev–Trinajstić information content (AvgIpc) is 2.98. The molecule has 0 radical (unpaired) electrons. The molecule has 8 N–H and O–H groups in total. The van der Waals surface area contributed by atoms with Crippen LogP contribution in [0.15, 0.2) is 66.4 Å². The summed E-state index contributed by atoms with van der Waals surface area (Å²) < 4.78 is 22.6. The number of carbonyl (C=O) groups is 1. The molecule has 13 heteroatoms. The molecule has 5 rings (SSSR count). The lowest BCUT2D eigenvalue weighted by molar-refractivity contribution is -0.292. The van der Waals surface area contributed by atoms with Gasteiger partial charge in [0.1, 0.15) is 59.8 Å². The maximum Gasteiger partial charge on any atom is 0.330 e. The standard InChI is InChI=1S/C30H28O13/c31-16-5-1-14(2-6-16)3-8-25(36)40-13-24-26(37)27(38)28(39)30(43-24)42-23-12-18-20(34)10-17(32)11-22(18)41-29(23)15-4-7-19(33)21(35)9-15/h1-11,24,26-28,30-35,37-39H,12-13H2. The Balaban J connectivity index is 1.36. The van der Waals surface area contributed by atoms with Gasteiger partial charge in [-0.25, -0.2) is 4.79 Å². The molecule has 0 aliphatic carbocycles. The van der Waals surface area contributed by atoms with E-state index in [4.69, 9.17) is 18.9 Å². The van der Waals surface area contributed by atoms with Gasteiger partial charge in [0.2, 0.25) is 6.29 Å². The Bertz CT molecular complexity index is 1560. The van der Waals surface area contributed by atoms with Gasteiger partial charge >= 0.3 is 5.97 Å². The summed E-state index contributed by atoms with van der Waals surface area (Å²) in [5.41, 5.74) is 1.02. The second-order valence-electron chi connectivity index (χ2n) is 9.86. The summed E-state index contributed by atoms with van der Waals surface area (Å²) in [7, 11) is 0. The van der Waals surface area contributed by atoms with Crippen LogP contribution in [0.5, 0.6) is 34.5 Å². The van der Waals surface area contributed by atoms with Gasteiger partial charge in [-0.3, -0.25) is 0 Å². The van der Waals surface area contributed by atoms with Crippen molar-refractivity contribution in [3.05, 3.63) is 83.1 Å². The third-order valence-corrected chi connectivity index (χ3v) is 6.83. The van der Waals surface area contributed by atoms with Crippen molar-refractivity contribution in [2.75, 3.05) is 6.61 Å². The van der Waals surface area contributed by atoms with Crippen molar-refractivity contribution in [1.29, 1.82) is 0 Å². The summed E-state index contributed by atoms with van der Waals surface area (Å²) in [6, 6.07) is 12.1. The summed E-state index contributed by atoms with van der Waals surface area (Å²) in [5, 5.41) is 81.2. The number of aromatic hydroxyl groups is 5. The molecule has 0 aromatic heterocycles. The summed E-state index contributed by atoms with van der Waals surface area (Å²) in [5.74, 6) is -2.24. The third kappa shape index (κ3) is 6.44. The van der Waals surface area contributed by atoms with Gasteiger partial charge in [-0.2, -0.15) is 0 Å². The maximum atomic E-state index is 12.3. The number of fused-ring (bicyclic) bond motifs is 1. The van der Waals surface area contributed by atoms with Crippen LogP contribution in [0.1, 0.15) is 16.7 Å². The van der Waals surface area contributed by atoms with E-state index in [-0.39, 0.29) is 52.1 Å². The van der Waals surface area contributed by atoms with E-state index in [1.807, 2.05) is 0 Å². The second kappa shape index (κ2) is 12.1. The highest BCUT2D eigenvalue weighted by Crippen LogP contribution is 2.43. The highest BCUT2D eigenvalue weighted by atomic mass is 16.7. The van der Waals surface area contributed by atoms with Crippen molar-refractivity contribution in [3.63, 3.8) is 0 Å². The van der Waals surface area contributed by atoms with Crippen molar-refractivity contribution in [1.82, 2.24) is 0 Å². The molecule has 2 aliphatic rings. The highest BCUT2D eigenvalue weighted by molar-refractivity contribution is 5.87. The number of ether oxygens (including phenoxy) is 4. The Morgan fingerprint density at radius 3 is 2.30 bits per heavy atom. The van der Waals surface area contributed by atoms with Crippen molar-refractivity contribution in [2.45, 2.75) is 37.1 Å². The van der Waals surface area contributed by atoms with Crippen LogP contribution in [0.2, 0.25) is 0 Å². The number of esters is 1. The number of phenols is 5. The molecule has 5 atom stereocenters. The van der Waals surface area contributed by atoms with Crippen LogP contribution in [0.4, 0.5) is 0 Å². The van der Waals surface area contributed by atoms with Crippen molar-refractivity contribution in [3.8, 4) is 34.5 Å². The van der Waals surface area contributed by atoms with Gasteiger partial charge in [-0.1, -0.05) is 12.1 Å². The van der Waals surface area contributed by atoms with Gasteiger partial charge < -0.3 is 59.8 Å². The summed E-state index contributed by atoms with van der Waals surface area (Å²) in [6.45, 7) is -0.527. The molecule has 0 spiro atoms. The predicted octanol–water partition coefficient (Wildman–Crippen LogP) is 1.60. The Hall–Kier alpha value is -4.95. The number of allylic oxidation sites excluding steroid dienone is 1. The van der Waals surface area contributed by atoms with Gasteiger partial charge in [-0.05, 0) is 42.0 Å². The lowest BCUT2D eigenvalue weighted by Crippen LogP contribution is -2.59. The number of aliphatic hydroxyl groups is 3. The molecule has 5 unspecified atom stereocenters. The zero-order valence-corrected chi connectivity index (χ0v) is 22.3. The molecule has 2 aliphatic heterocycles. The fourth-order valence-corrected chi connectivity index (χ4v) is 4.53. The van der Waals surface area contributed by atoms with Crippen molar-refractivity contribution in [2.24, 2.45) is 0 Å². The first-order chi connectivity index (χ1) is 20.5. The van der Waals surface area contributed by atoms with Crippen LogP contribution in [0.3, 0.4) is 0 Å². The molecular formula is C30H28O13. The van der Waals surface area contributed by atoms with Crippen LogP contribution in [0.25, 0.3) is 11.8 Å². The number of hydrogen-bond acceptors (Lipinski definition) is 13. The number of hydrogen-bond donors (Lipinski definition) is 8. The van der Waals surface area contributed by atoms with Crippen LogP contribution < -0.4 is 4.74 Å². The smallest absolute Gasteiger partial charge is 0.330 e. The molecule has 0 saturated carbocycles. The third-order valence-electron chi connectivity index (χ3n) is 6.83. The van der Waals surface area contributed by atoms with Gasteiger partial charge in [0.25, 0.3) is 0 Å². The topological polar surface area (TPSA) is 216 Å². The zero-order valence-electron chi connectivity index (χ0n) is 22.3. The molecule has 0 bridgehead atoms. The van der Waals surface area contributed by atoms with Crippen molar-refractivity contribution < 1.29 is 64.6 Å². The normalized spacial score (nSPS) is 23.5. The summed E-state index contributed by atoms with van der Waals surface area (Å²) in [6.07, 6.45) is -5.80. The first kappa shape index (κ1) is 29.5. The average molecular weight is 597 g/mol. The van der Waals surface area contributed by atoms with E-state index in [1.54, 1.807) is 12.1 Å². The molecule has 13 nitrogen and oxygen atoms in total. The molecule has 0 amide bonds. The molecule has 43 heavy (non-hydrogen) atoms. The lowest BCUT2D eigenvalue weighted by Gasteiger charge is -2.40. The van der Waals surface area contributed by atoms with Gasteiger partial charge in [0.15, 0.2) is 17.3 Å². The molecule has 3 aromatic rings. The van der Waals surface area contributed by atoms with E-state index in [9.17, 15) is 45.6 Å². The molecule has 2 heterocycles. The maximum absolute atomic E-state index is 12.3. The quantitative estimate of drug-likeness (QED) is 0.111. The number of phenolic OH excluding ortho intramolecular Hbond substituents is 5. The minimum Gasteiger partial charge on any atom is -0.508 e. The Morgan fingerprint density at radius 1 is 0.837 bits per heavy atom. The second-order valence-corrected chi connectivity index (χ2v) is 9.86. The summed E-state index contributed by atoms with van der Waals surface area (Å²) >= 11 is 0. The minimum atomic E-state index is -1.78. The van der Waals surface area contributed by atoms with E-state index in [0.29, 0.717) is 5.56 Å². The molecule has 3 aromatic carbocycles. The van der Waals surface area contributed by atoms with E-state index in [2.05, 4.69) is 0 Å². The van der Waals surface area contributed by atoms with Gasteiger partial charge in [0, 0.05) is 35.8 Å². The van der Waals surface area contributed by atoms with Crippen LogP contribution in [-0.4, -0.2) is 84.1 Å². The zero-order chi connectivity index (χ0) is 30.8. The molecule has 1 fully saturated rings. The number of aliphatic hydroxyl groups excluding tert-OH is 3. The molecular weight excluding hydrogens is 568 g/mol. The van der Waals surface area contributed by atoms with E-state index >= 15 is 0 Å².